The first-order valence-electron chi connectivity index (χ1n) is 6.26. The van der Waals surface area contributed by atoms with Gasteiger partial charge in [-0.05, 0) is 33.7 Å². The molecular weight excluding hydrogens is 218 g/mol. The van der Waals surface area contributed by atoms with Gasteiger partial charge < -0.3 is 9.84 Å². The number of aliphatic hydroxyl groups is 1. The number of piperidine rings is 1. The zero-order valence-electron chi connectivity index (χ0n) is 10.7. The number of esters is 1. The largest absolute Gasteiger partial charge is 0.457 e. The Morgan fingerprint density at radius 3 is 2.76 bits per heavy atom. The van der Waals surface area contributed by atoms with Crippen LogP contribution in [0.15, 0.2) is 11.6 Å². The fourth-order valence-corrected chi connectivity index (χ4v) is 2.87. The Kier molecular flexibility index (Phi) is 3.54. The lowest BCUT2D eigenvalue weighted by Gasteiger charge is -2.34. The molecule has 2 aliphatic heterocycles. The number of carbonyl (C=O) groups is 1. The van der Waals surface area contributed by atoms with Crippen LogP contribution in [0.3, 0.4) is 0 Å². The molecule has 4 nitrogen and oxygen atoms in total. The molecule has 0 aromatic heterocycles. The molecular formula is C13H21NO3. The first kappa shape index (κ1) is 12.6. The van der Waals surface area contributed by atoms with Crippen LogP contribution < -0.4 is 0 Å². The van der Waals surface area contributed by atoms with E-state index >= 15 is 0 Å². The van der Waals surface area contributed by atoms with Crippen LogP contribution in [0.4, 0.5) is 0 Å². The summed E-state index contributed by atoms with van der Waals surface area (Å²) in [6, 6.07) is 0.532. The highest BCUT2D eigenvalue weighted by Gasteiger charge is 2.46. The highest BCUT2D eigenvalue weighted by molar-refractivity contribution is 5.87. The van der Waals surface area contributed by atoms with Crippen molar-refractivity contribution < 1.29 is 14.6 Å². The van der Waals surface area contributed by atoms with Crippen molar-refractivity contribution in [3.8, 4) is 0 Å². The van der Waals surface area contributed by atoms with Crippen LogP contribution in [-0.2, 0) is 9.53 Å². The summed E-state index contributed by atoms with van der Waals surface area (Å²) in [6.45, 7) is 3.60. The summed E-state index contributed by atoms with van der Waals surface area (Å²) >= 11 is 0. The van der Waals surface area contributed by atoms with Crippen molar-refractivity contribution in [2.24, 2.45) is 0 Å². The molecule has 0 unspecified atom stereocenters. The number of nitrogens with zero attached hydrogens (tertiary/aromatic N) is 1. The van der Waals surface area contributed by atoms with Gasteiger partial charge in [0.05, 0.1) is 6.10 Å². The number of aliphatic hydroxyl groups excluding tert-OH is 1. The van der Waals surface area contributed by atoms with E-state index in [4.69, 9.17) is 4.74 Å². The molecule has 1 N–H and O–H groups in total. The number of ether oxygens (including phenoxy) is 1. The van der Waals surface area contributed by atoms with Gasteiger partial charge in [-0.1, -0.05) is 6.08 Å². The summed E-state index contributed by atoms with van der Waals surface area (Å²) in [5.74, 6) is -0.229. The van der Waals surface area contributed by atoms with Gasteiger partial charge in [0.1, 0.15) is 6.10 Å². The first-order valence-corrected chi connectivity index (χ1v) is 6.26. The van der Waals surface area contributed by atoms with Crippen LogP contribution in [0.25, 0.3) is 0 Å². The Labute approximate surface area is 102 Å². The number of fused-ring (bicyclic) bond motifs is 2. The third-order valence-electron chi connectivity index (χ3n) is 4.10. The fraction of sp³-hybridized carbons (Fsp3) is 0.769. The Balaban J connectivity index is 2.02. The number of hydrogen-bond acceptors (Lipinski definition) is 4. The first-order chi connectivity index (χ1) is 8.02. The SMILES string of the molecule is C/C=C(\C)C(=O)O[C@H]1C[C@@H]2C[C@H](O)C[C@H]1N2C. The van der Waals surface area contributed by atoms with Crippen molar-refractivity contribution >= 4 is 5.97 Å². The smallest absolute Gasteiger partial charge is 0.333 e. The second-order valence-corrected chi connectivity index (χ2v) is 5.16. The van der Waals surface area contributed by atoms with Crippen LogP contribution in [-0.4, -0.2) is 47.3 Å². The van der Waals surface area contributed by atoms with Crippen molar-refractivity contribution in [1.82, 2.24) is 4.90 Å². The summed E-state index contributed by atoms with van der Waals surface area (Å²) in [6.07, 6.45) is 3.81. The van der Waals surface area contributed by atoms with E-state index in [1.165, 1.54) is 0 Å². The maximum absolute atomic E-state index is 11.7. The molecule has 0 aliphatic carbocycles. The summed E-state index contributed by atoms with van der Waals surface area (Å²) in [4.78, 5) is 14.0. The van der Waals surface area contributed by atoms with Crippen molar-refractivity contribution in [3.63, 3.8) is 0 Å². The quantitative estimate of drug-likeness (QED) is 0.579. The fourth-order valence-electron chi connectivity index (χ4n) is 2.87. The third kappa shape index (κ3) is 2.38. The number of hydrogen-bond donors (Lipinski definition) is 1. The monoisotopic (exact) mass is 239 g/mol. The summed E-state index contributed by atoms with van der Waals surface area (Å²) in [7, 11) is 2.05. The van der Waals surface area contributed by atoms with E-state index in [1.54, 1.807) is 13.0 Å². The van der Waals surface area contributed by atoms with Gasteiger partial charge in [0.15, 0.2) is 0 Å². The molecule has 4 heteroatoms. The van der Waals surface area contributed by atoms with Gasteiger partial charge in [0, 0.05) is 24.1 Å². The molecule has 0 aromatic carbocycles. The molecule has 96 valence electrons. The van der Waals surface area contributed by atoms with Gasteiger partial charge >= 0.3 is 5.97 Å². The second kappa shape index (κ2) is 4.78. The van der Waals surface area contributed by atoms with Gasteiger partial charge in [0.25, 0.3) is 0 Å². The van der Waals surface area contributed by atoms with Crippen LogP contribution >= 0.6 is 0 Å². The molecule has 2 aliphatic rings. The van der Waals surface area contributed by atoms with E-state index in [-0.39, 0.29) is 24.2 Å². The lowest BCUT2D eigenvalue weighted by Crippen LogP contribution is -2.44. The zero-order valence-corrected chi connectivity index (χ0v) is 10.7. The molecule has 2 heterocycles. The summed E-state index contributed by atoms with van der Waals surface area (Å²) < 4.78 is 5.54. The summed E-state index contributed by atoms with van der Waals surface area (Å²) in [5, 5.41) is 9.74. The molecule has 2 bridgehead atoms. The highest BCUT2D eigenvalue weighted by Crippen LogP contribution is 2.36. The number of allylic oxidation sites excluding steroid dienone is 1. The van der Waals surface area contributed by atoms with Crippen molar-refractivity contribution in [2.45, 2.75) is 57.4 Å². The van der Waals surface area contributed by atoms with Crippen molar-refractivity contribution in [2.75, 3.05) is 7.05 Å². The molecule has 0 saturated carbocycles. The van der Waals surface area contributed by atoms with E-state index in [0.29, 0.717) is 18.0 Å². The van der Waals surface area contributed by atoms with Crippen LogP contribution in [0, 0.1) is 0 Å². The van der Waals surface area contributed by atoms with Gasteiger partial charge in [-0.2, -0.15) is 0 Å². The van der Waals surface area contributed by atoms with Crippen LogP contribution in [0.5, 0.6) is 0 Å². The van der Waals surface area contributed by atoms with Crippen LogP contribution in [0.1, 0.15) is 33.1 Å². The molecule has 17 heavy (non-hydrogen) atoms. The van der Waals surface area contributed by atoms with Gasteiger partial charge in [-0.3, -0.25) is 4.90 Å². The molecule has 0 amide bonds. The van der Waals surface area contributed by atoms with Gasteiger partial charge in [0.2, 0.25) is 0 Å². The molecule has 0 spiro atoms. The lowest BCUT2D eigenvalue weighted by molar-refractivity contribution is -0.145. The maximum Gasteiger partial charge on any atom is 0.333 e. The third-order valence-corrected chi connectivity index (χ3v) is 4.10. The Morgan fingerprint density at radius 2 is 2.12 bits per heavy atom. The van der Waals surface area contributed by atoms with Crippen LogP contribution in [0.2, 0.25) is 0 Å². The molecule has 2 saturated heterocycles. The van der Waals surface area contributed by atoms with Crippen molar-refractivity contribution in [1.29, 1.82) is 0 Å². The van der Waals surface area contributed by atoms with E-state index in [0.717, 1.165) is 12.8 Å². The minimum absolute atomic E-state index is 0.0652. The Hall–Kier alpha value is -0.870. The average Bonchev–Trinajstić information content (AvgIpc) is 2.49. The van der Waals surface area contributed by atoms with Crippen molar-refractivity contribution in [3.05, 3.63) is 11.6 Å². The molecule has 0 radical (unpaired) electrons. The lowest BCUT2D eigenvalue weighted by atomic mass is 10.0. The average molecular weight is 239 g/mol. The number of carbonyl (C=O) groups excluding carboxylic acids is 1. The normalized spacial score (nSPS) is 38.2. The molecule has 2 fully saturated rings. The maximum atomic E-state index is 11.7. The predicted molar refractivity (Wildman–Crippen MR) is 64.5 cm³/mol. The van der Waals surface area contributed by atoms with Gasteiger partial charge in [-0.25, -0.2) is 4.79 Å². The van der Waals surface area contributed by atoms with E-state index < -0.39 is 0 Å². The van der Waals surface area contributed by atoms with E-state index in [2.05, 4.69) is 11.9 Å². The topological polar surface area (TPSA) is 49.8 Å². The molecule has 2 rings (SSSR count). The zero-order chi connectivity index (χ0) is 12.6. The molecule has 0 aromatic rings. The second-order valence-electron chi connectivity index (χ2n) is 5.16. The van der Waals surface area contributed by atoms with E-state index in [1.807, 2.05) is 6.92 Å². The number of likely N-dealkylation sites (N-methyl/N-ethyl adjacent to an activating group) is 1. The predicted octanol–water partition coefficient (Wildman–Crippen LogP) is 1.09. The standard InChI is InChI=1S/C13H21NO3/c1-4-8(2)13(16)17-12-6-9-5-10(15)7-11(12)14(9)3/h4,9-12,15H,5-7H2,1-3H3/b8-4+/t9-,10-,11+,12-/m0/s1. The minimum atomic E-state index is -0.243. The Bertz CT molecular complexity index is 340. The number of rotatable bonds is 2. The van der Waals surface area contributed by atoms with Gasteiger partial charge in [-0.15, -0.1) is 0 Å². The Morgan fingerprint density at radius 1 is 1.41 bits per heavy atom. The minimum Gasteiger partial charge on any atom is -0.457 e. The van der Waals surface area contributed by atoms with E-state index in [9.17, 15) is 9.90 Å². The highest BCUT2D eigenvalue weighted by atomic mass is 16.5. The summed E-state index contributed by atoms with van der Waals surface area (Å²) in [5.41, 5.74) is 0.648. The molecule has 4 atom stereocenters.